The Hall–Kier alpha value is -0.810. The Morgan fingerprint density at radius 2 is 1.94 bits per heavy atom. The van der Waals surface area contributed by atoms with Gasteiger partial charge in [-0.25, -0.2) is 4.79 Å². The number of likely N-dealkylation sites (tertiary alicyclic amines) is 1. The summed E-state index contributed by atoms with van der Waals surface area (Å²) in [4.78, 5) is 15.8. The van der Waals surface area contributed by atoms with E-state index in [1.165, 1.54) is 26.2 Å². The Kier molecular flexibility index (Phi) is 2.73. The van der Waals surface area contributed by atoms with Crippen LogP contribution in [0.5, 0.6) is 0 Å². The van der Waals surface area contributed by atoms with Gasteiger partial charge in [0.15, 0.2) is 0 Å². The van der Waals surface area contributed by atoms with Crippen LogP contribution in [0.15, 0.2) is 0 Å². The fourth-order valence-corrected chi connectivity index (χ4v) is 3.12. The van der Waals surface area contributed by atoms with Crippen LogP contribution in [0.1, 0.15) is 0 Å². The minimum Gasteiger partial charge on any atom is -0.336 e. The van der Waals surface area contributed by atoms with Gasteiger partial charge in [0.2, 0.25) is 0 Å². The highest BCUT2D eigenvalue weighted by atomic mass is 16.2. The van der Waals surface area contributed by atoms with Gasteiger partial charge in [0.1, 0.15) is 0 Å². The molecule has 5 nitrogen and oxygen atoms in total. The van der Waals surface area contributed by atoms with Crippen LogP contribution in [0.2, 0.25) is 0 Å². The van der Waals surface area contributed by atoms with E-state index in [1.807, 2.05) is 4.90 Å². The number of nitrogens with zero attached hydrogens (tertiary/aromatic N) is 2. The molecular weight excluding hydrogens is 204 g/mol. The normalized spacial score (nSPS) is 34.5. The molecule has 0 aromatic heterocycles. The predicted octanol–water partition coefficient (Wildman–Crippen LogP) is -0.837. The highest BCUT2D eigenvalue weighted by Gasteiger charge is 2.36. The van der Waals surface area contributed by atoms with Crippen LogP contribution in [0.4, 0.5) is 4.79 Å². The van der Waals surface area contributed by atoms with Crippen molar-refractivity contribution in [2.45, 2.75) is 0 Å². The molecule has 3 aliphatic heterocycles. The van der Waals surface area contributed by atoms with Gasteiger partial charge in [-0.05, 0) is 24.9 Å². The van der Waals surface area contributed by atoms with Crippen molar-refractivity contribution in [1.29, 1.82) is 0 Å². The van der Waals surface area contributed by atoms with Gasteiger partial charge in [-0.3, -0.25) is 0 Å². The third-order valence-electron chi connectivity index (χ3n) is 4.10. The Bertz CT molecular complexity index is 271. The van der Waals surface area contributed by atoms with E-state index in [4.69, 9.17) is 0 Å². The van der Waals surface area contributed by atoms with Crippen molar-refractivity contribution < 1.29 is 4.79 Å². The molecule has 0 aromatic rings. The Labute approximate surface area is 96.2 Å². The zero-order valence-corrected chi connectivity index (χ0v) is 9.61. The van der Waals surface area contributed by atoms with Gasteiger partial charge in [-0.2, -0.15) is 0 Å². The molecule has 0 bridgehead atoms. The van der Waals surface area contributed by atoms with Gasteiger partial charge in [0, 0.05) is 39.3 Å². The molecule has 0 radical (unpaired) electrons. The molecule has 2 atom stereocenters. The highest BCUT2D eigenvalue weighted by molar-refractivity contribution is 5.76. The summed E-state index contributed by atoms with van der Waals surface area (Å²) in [7, 11) is 0. The van der Waals surface area contributed by atoms with E-state index in [-0.39, 0.29) is 6.03 Å². The van der Waals surface area contributed by atoms with E-state index in [0.29, 0.717) is 0 Å². The van der Waals surface area contributed by atoms with E-state index in [0.717, 1.165) is 38.0 Å². The minimum absolute atomic E-state index is 0.112. The van der Waals surface area contributed by atoms with Gasteiger partial charge in [-0.1, -0.05) is 0 Å². The third-order valence-corrected chi connectivity index (χ3v) is 4.10. The fraction of sp³-hybridized carbons (Fsp3) is 0.909. The molecule has 90 valence electrons. The Morgan fingerprint density at radius 3 is 2.56 bits per heavy atom. The molecule has 16 heavy (non-hydrogen) atoms. The second kappa shape index (κ2) is 4.22. The molecule has 0 aliphatic carbocycles. The second-order valence-corrected chi connectivity index (χ2v) is 5.16. The summed E-state index contributed by atoms with van der Waals surface area (Å²) in [5, 5.41) is 6.29. The van der Waals surface area contributed by atoms with Crippen LogP contribution in [-0.4, -0.2) is 68.2 Å². The van der Waals surface area contributed by atoms with Gasteiger partial charge in [-0.15, -0.1) is 0 Å². The molecule has 3 fully saturated rings. The molecule has 3 saturated heterocycles. The smallest absolute Gasteiger partial charge is 0.317 e. The molecule has 0 saturated carbocycles. The lowest BCUT2D eigenvalue weighted by molar-refractivity contribution is 0.206. The molecule has 3 heterocycles. The van der Waals surface area contributed by atoms with E-state index in [2.05, 4.69) is 15.5 Å². The maximum Gasteiger partial charge on any atom is 0.317 e. The van der Waals surface area contributed by atoms with Gasteiger partial charge in [0.25, 0.3) is 0 Å². The number of hydrogen-bond donors (Lipinski definition) is 2. The first kappa shape index (κ1) is 10.4. The predicted molar refractivity (Wildman–Crippen MR) is 61.3 cm³/mol. The lowest BCUT2D eigenvalue weighted by Gasteiger charge is -2.21. The molecule has 3 aliphatic rings. The van der Waals surface area contributed by atoms with E-state index >= 15 is 0 Å². The lowest BCUT2D eigenvalue weighted by atomic mass is 10.0. The summed E-state index contributed by atoms with van der Waals surface area (Å²) >= 11 is 0. The number of rotatable bonds is 3. The Morgan fingerprint density at radius 1 is 1.19 bits per heavy atom. The van der Waals surface area contributed by atoms with Gasteiger partial charge < -0.3 is 20.4 Å². The maximum atomic E-state index is 11.4. The number of fused-ring (bicyclic) bond motifs is 1. The third kappa shape index (κ3) is 1.89. The molecule has 2 N–H and O–H groups in total. The van der Waals surface area contributed by atoms with Crippen LogP contribution in [0.3, 0.4) is 0 Å². The topological polar surface area (TPSA) is 47.6 Å². The van der Waals surface area contributed by atoms with Crippen LogP contribution >= 0.6 is 0 Å². The molecule has 5 heteroatoms. The van der Waals surface area contributed by atoms with E-state index < -0.39 is 0 Å². The molecule has 3 rings (SSSR count). The van der Waals surface area contributed by atoms with Crippen molar-refractivity contribution in [2.24, 2.45) is 11.8 Å². The van der Waals surface area contributed by atoms with Crippen LogP contribution in [0.25, 0.3) is 0 Å². The monoisotopic (exact) mass is 224 g/mol. The molecular formula is C11H20N4O. The number of carbonyl (C=O) groups is 1. The molecule has 0 aromatic carbocycles. The minimum atomic E-state index is 0.112. The number of carbonyl (C=O) groups excluding carboxylic acids is 1. The summed E-state index contributed by atoms with van der Waals surface area (Å²) in [5.41, 5.74) is 0. The first-order valence-corrected chi connectivity index (χ1v) is 6.29. The first-order valence-electron chi connectivity index (χ1n) is 6.29. The van der Waals surface area contributed by atoms with Gasteiger partial charge in [0.05, 0.1) is 0 Å². The summed E-state index contributed by atoms with van der Waals surface area (Å²) in [5.74, 6) is 1.71. The average Bonchev–Trinajstić information content (AvgIpc) is 2.89. The zero-order chi connectivity index (χ0) is 11.0. The number of hydrogen-bond acceptors (Lipinski definition) is 3. The van der Waals surface area contributed by atoms with Crippen LogP contribution in [0, 0.1) is 11.8 Å². The van der Waals surface area contributed by atoms with Gasteiger partial charge >= 0.3 is 6.03 Å². The number of urea groups is 1. The highest BCUT2D eigenvalue weighted by Crippen LogP contribution is 2.25. The SMILES string of the molecule is O=C1NCCN1CCN1CC2CNCC2C1. The van der Waals surface area contributed by atoms with Crippen molar-refractivity contribution in [3.8, 4) is 0 Å². The van der Waals surface area contributed by atoms with Crippen molar-refractivity contribution in [3.05, 3.63) is 0 Å². The van der Waals surface area contributed by atoms with Crippen molar-refractivity contribution in [1.82, 2.24) is 20.4 Å². The standard InChI is InChI=1S/C11H20N4O/c16-11-13-1-2-15(11)4-3-14-7-9-5-12-6-10(9)8-14/h9-10,12H,1-8H2,(H,13,16). The number of amides is 2. The quantitative estimate of drug-likeness (QED) is 0.657. The molecule has 0 spiro atoms. The molecule has 2 unspecified atom stereocenters. The summed E-state index contributed by atoms with van der Waals surface area (Å²) in [6.07, 6.45) is 0. The van der Waals surface area contributed by atoms with Crippen LogP contribution in [-0.2, 0) is 0 Å². The van der Waals surface area contributed by atoms with Crippen molar-refractivity contribution in [2.75, 3.05) is 52.4 Å². The van der Waals surface area contributed by atoms with Crippen LogP contribution < -0.4 is 10.6 Å². The van der Waals surface area contributed by atoms with Crippen molar-refractivity contribution in [3.63, 3.8) is 0 Å². The summed E-state index contributed by atoms with van der Waals surface area (Å²) < 4.78 is 0. The van der Waals surface area contributed by atoms with E-state index in [9.17, 15) is 4.79 Å². The Balaban J connectivity index is 1.44. The largest absolute Gasteiger partial charge is 0.336 e. The fourth-order valence-electron chi connectivity index (χ4n) is 3.12. The second-order valence-electron chi connectivity index (χ2n) is 5.16. The lowest BCUT2D eigenvalue weighted by Crippen LogP contribution is -2.37. The summed E-state index contributed by atoms with van der Waals surface area (Å²) in [6, 6.07) is 0.112. The summed E-state index contributed by atoms with van der Waals surface area (Å²) in [6.45, 7) is 8.42. The first-order chi connectivity index (χ1) is 7.83. The average molecular weight is 224 g/mol. The number of nitrogens with one attached hydrogen (secondary N) is 2. The van der Waals surface area contributed by atoms with Crippen molar-refractivity contribution >= 4 is 6.03 Å². The van der Waals surface area contributed by atoms with E-state index in [1.54, 1.807) is 0 Å². The zero-order valence-electron chi connectivity index (χ0n) is 9.61. The molecule has 2 amide bonds. The maximum absolute atomic E-state index is 11.4.